The Bertz CT molecular complexity index is 424. The van der Waals surface area contributed by atoms with Gasteiger partial charge in [0, 0.05) is 17.8 Å². The minimum atomic E-state index is 0.999. The highest BCUT2D eigenvalue weighted by Crippen LogP contribution is 2.28. The summed E-state index contributed by atoms with van der Waals surface area (Å²) in [4.78, 5) is 8.96. The molecule has 0 aromatic carbocycles. The SMILES string of the molecule is c1nc2c(c(NCCCC3CCCC3)n1)CCCCC2. The Hall–Kier alpha value is -1.12. The largest absolute Gasteiger partial charge is 0.370 e. The molecule has 0 unspecified atom stereocenters. The third-order valence-electron chi connectivity index (χ3n) is 4.93. The molecular weight excluding hydrogens is 246 g/mol. The average Bonchev–Trinajstić information content (AvgIpc) is 2.87. The van der Waals surface area contributed by atoms with Crippen molar-refractivity contribution in [3.05, 3.63) is 17.6 Å². The van der Waals surface area contributed by atoms with Crippen LogP contribution in [0.4, 0.5) is 5.82 Å². The van der Waals surface area contributed by atoms with E-state index in [1.165, 1.54) is 69.0 Å². The monoisotopic (exact) mass is 273 g/mol. The van der Waals surface area contributed by atoms with E-state index in [1.54, 1.807) is 6.33 Å². The summed E-state index contributed by atoms with van der Waals surface area (Å²) in [6.07, 6.45) is 16.4. The summed E-state index contributed by atoms with van der Waals surface area (Å²) in [6, 6.07) is 0. The number of rotatable bonds is 5. The Morgan fingerprint density at radius 1 is 1.00 bits per heavy atom. The summed E-state index contributed by atoms with van der Waals surface area (Å²) < 4.78 is 0. The first-order valence-corrected chi connectivity index (χ1v) is 8.50. The minimum absolute atomic E-state index is 0.999. The van der Waals surface area contributed by atoms with Crippen molar-refractivity contribution in [2.24, 2.45) is 5.92 Å². The average molecular weight is 273 g/mol. The second kappa shape index (κ2) is 7.05. The van der Waals surface area contributed by atoms with Gasteiger partial charge in [-0.15, -0.1) is 0 Å². The van der Waals surface area contributed by atoms with Gasteiger partial charge in [-0.3, -0.25) is 0 Å². The Labute approximate surface area is 122 Å². The molecule has 0 atom stereocenters. The van der Waals surface area contributed by atoms with E-state index in [9.17, 15) is 0 Å². The molecule has 0 aliphatic heterocycles. The number of anilines is 1. The Balaban J connectivity index is 1.51. The number of hydrogen-bond acceptors (Lipinski definition) is 3. The van der Waals surface area contributed by atoms with E-state index in [0.29, 0.717) is 0 Å². The molecule has 3 heteroatoms. The molecule has 3 nitrogen and oxygen atoms in total. The maximum atomic E-state index is 4.48. The van der Waals surface area contributed by atoms with Crippen LogP contribution in [0.25, 0.3) is 0 Å². The van der Waals surface area contributed by atoms with Crippen LogP contribution in [0.5, 0.6) is 0 Å². The maximum absolute atomic E-state index is 4.48. The molecule has 1 fully saturated rings. The molecular formula is C17H27N3. The van der Waals surface area contributed by atoms with Gasteiger partial charge in [0.25, 0.3) is 0 Å². The van der Waals surface area contributed by atoms with Gasteiger partial charge in [0.1, 0.15) is 12.1 Å². The lowest BCUT2D eigenvalue weighted by Gasteiger charge is -2.13. The second-order valence-electron chi connectivity index (χ2n) is 6.43. The van der Waals surface area contributed by atoms with E-state index < -0.39 is 0 Å². The van der Waals surface area contributed by atoms with Crippen molar-refractivity contribution >= 4 is 5.82 Å². The van der Waals surface area contributed by atoms with E-state index in [4.69, 9.17) is 0 Å². The van der Waals surface area contributed by atoms with Gasteiger partial charge >= 0.3 is 0 Å². The van der Waals surface area contributed by atoms with Gasteiger partial charge in [-0.2, -0.15) is 0 Å². The number of hydrogen-bond donors (Lipinski definition) is 1. The van der Waals surface area contributed by atoms with Crippen molar-refractivity contribution in [2.45, 2.75) is 70.6 Å². The summed E-state index contributed by atoms with van der Waals surface area (Å²) in [7, 11) is 0. The fraction of sp³-hybridized carbons (Fsp3) is 0.765. The molecule has 0 amide bonds. The zero-order valence-corrected chi connectivity index (χ0v) is 12.5. The standard InChI is InChI=1S/C17H27N3/c1-2-10-15-16(11-3-1)19-13-20-17(15)18-12-6-9-14-7-4-5-8-14/h13-14H,1-12H2,(H,18,19,20). The lowest BCUT2D eigenvalue weighted by Crippen LogP contribution is -2.10. The highest BCUT2D eigenvalue weighted by molar-refractivity contribution is 5.46. The van der Waals surface area contributed by atoms with Crippen LogP contribution in [0.2, 0.25) is 0 Å². The first-order chi connectivity index (χ1) is 9.93. The molecule has 0 saturated heterocycles. The molecule has 1 aromatic heterocycles. The van der Waals surface area contributed by atoms with E-state index in [2.05, 4.69) is 15.3 Å². The number of nitrogens with one attached hydrogen (secondary N) is 1. The summed E-state index contributed by atoms with van der Waals surface area (Å²) in [5.41, 5.74) is 2.68. The quantitative estimate of drug-likeness (QED) is 0.647. The molecule has 0 spiro atoms. The van der Waals surface area contributed by atoms with Gasteiger partial charge in [-0.05, 0) is 44.4 Å². The van der Waals surface area contributed by atoms with Gasteiger partial charge in [0.15, 0.2) is 0 Å². The van der Waals surface area contributed by atoms with Gasteiger partial charge < -0.3 is 5.32 Å². The van der Waals surface area contributed by atoms with E-state index in [1.807, 2.05) is 0 Å². The van der Waals surface area contributed by atoms with E-state index in [-0.39, 0.29) is 0 Å². The Morgan fingerprint density at radius 2 is 1.85 bits per heavy atom. The first kappa shape index (κ1) is 13.8. The van der Waals surface area contributed by atoms with Crippen molar-refractivity contribution < 1.29 is 0 Å². The van der Waals surface area contributed by atoms with Crippen LogP contribution in [0.3, 0.4) is 0 Å². The van der Waals surface area contributed by atoms with E-state index >= 15 is 0 Å². The van der Waals surface area contributed by atoms with Crippen LogP contribution < -0.4 is 5.32 Å². The van der Waals surface area contributed by atoms with Crippen LogP contribution in [-0.2, 0) is 12.8 Å². The normalized spacial score (nSPS) is 19.6. The van der Waals surface area contributed by atoms with Crippen molar-refractivity contribution in [2.75, 3.05) is 11.9 Å². The molecule has 0 bridgehead atoms. The fourth-order valence-electron chi connectivity index (χ4n) is 3.75. The number of aryl methyl sites for hydroxylation is 1. The number of aromatic nitrogens is 2. The molecule has 110 valence electrons. The van der Waals surface area contributed by atoms with Crippen LogP contribution >= 0.6 is 0 Å². The van der Waals surface area contributed by atoms with Crippen molar-refractivity contribution in [3.8, 4) is 0 Å². The Kier molecular flexibility index (Phi) is 4.88. The lowest BCUT2D eigenvalue weighted by molar-refractivity contribution is 0.491. The van der Waals surface area contributed by atoms with Crippen LogP contribution in [0, 0.1) is 5.92 Å². The van der Waals surface area contributed by atoms with Crippen molar-refractivity contribution in [1.82, 2.24) is 9.97 Å². The van der Waals surface area contributed by atoms with Crippen LogP contribution in [0.15, 0.2) is 6.33 Å². The van der Waals surface area contributed by atoms with Gasteiger partial charge in [-0.25, -0.2) is 9.97 Å². The van der Waals surface area contributed by atoms with Crippen molar-refractivity contribution in [1.29, 1.82) is 0 Å². The van der Waals surface area contributed by atoms with Gasteiger partial charge in [-0.1, -0.05) is 32.1 Å². The van der Waals surface area contributed by atoms with E-state index in [0.717, 1.165) is 31.1 Å². The molecule has 1 aromatic rings. The summed E-state index contributed by atoms with van der Waals surface area (Å²) >= 11 is 0. The topological polar surface area (TPSA) is 37.8 Å². The van der Waals surface area contributed by atoms with Crippen LogP contribution in [-0.4, -0.2) is 16.5 Å². The summed E-state index contributed by atoms with van der Waals surface area (Å²) in [5, 5.41) is 3.57. The lowest BCUT2D eigenvalue weighted by atomic mass is 10.0. The molecule has 2 aliphatic carbocycles. The molecule has 1 N–H and O–H groups in total. The molecule has 2 aliphatic rings. The predicted octanol–water partition coefficient (Wildman–Crippen LogP) is 4.13. The molecule has 0 radical (unpaired) electrons. The van der Waals surface area contributed by atoms with Crippen molar-refractivity contribution in [3.63, 3.8) is 0 Å². The van der Waals surface area contributed by atoms with Crippen LogP contribution in [0.1, 0.15) is 69.0 Å². The molecule has 20 heavy (non-hydrogen) atoms. The molecule has 1 heterocycles. The zero-order valence-electron chi connectivity index (χ0n) is 12.5. The first-order valence-electron chi connectivity index (χ1n) is 8.50. The highest BCUT2D eigenvalue weighted by Gasteiger charge is 2.15. The highest BCUT2D eigenvalue weighted by atomic mass is 15.0. The molecule has 1 saturated carbocycles. The number of fused-ring (bicyclic) bond motifs is 1. The Morgan fingerprint density at radius 3 is 2.75 bits per heavy atom. The van der Waals surface area contributed by atoms with Gasteiger partial charge in [0.2, 0.25) is 0 Å². The third-order valence-corrected chi connectivity index (χ3v) is 4.93. The minimum Gasteiger partial charge on any atom is -0.370 e. The fourth-order valence-corrected chi connectivity index (χ4v) is 3.75. The maximum Gasteiger partial charge on any atom is 0.132 e. The smallest absolute Gasteiger partial charge is 0.132 e. The second-order valence-corrected chi connectivity index (χ2v) is 6.43. The number of nitrogens with zero attached hydrogens (tertiary/aromatic N) is 2. The summed E-state index contributed by atoms with van der Waals surface area (Å²) in [6.45, 7) is 1.07. The van der Waals surface area contributed by atoms with Gasteiger partial charge in [0.05, 0.1) is 0 Å². The summed E-state index contributed by atoms with van der Waals surface area (Å²) in [5.74, 6) is 2.11. The zero-order chi connectivity index (χ0) is 13.6. The predicted molar refractivity (Wildman–Crippen MR) is 83.0 cm³/mol. The third kappa shape index (κ3) is 3.50. The molecule has 3 rings (SSSR count).